The van der Waals surface area contributed by atoms with E-state index in [1.54, 1.807) is 7.17 Å². The Labute approximate surface area is 206 Å². The molecule has 1 fully saturated rings. The summed E-state index contributed by atoms with van der Waals surface area (Å²) in [5, 5.41) is 3.01. The zero-order valence-corrected chi connectivity index (χ0v) is 21.3. The number of rotatable bonds is 8. The van der Waals surface area contributed by atoms with E-state index >= 15 is 0 Å². The lowest BCUT2D eigenvalue weighted by Gasteiger charge is -2.33. The van der Waals surface area contributed by atoms with Gasteiger partial charge in [-0.2, -0.15) is 0 Å². The first-order chi connectivity index (χ1) is 16.1. The van der Waals surface area contributed by atoms with Crippen molar-refractivity contribution in [3.05, 3.63) is 65.7 Å². The second kappa shape index (κ2) is 16.6. The van der Waals surface area contributed by atoms with Gasteiger partial charge in [-0.15, -0.1) is 0 Å². The summed E-state index contributed by atoms with van der Waals surface area (Å²) in [7, 11) is 13.7. The lowest BCUT2D eigenvalue weighted by molar-refractivity contribution is -0.122. The normalized spacial score (nSPS) is 15.7. The third kappa shape index (κ3) is 9.08. The highest BCUT2D eigenvalue weighted by Gasteiger charge is 2.24. The quantitative estimate of drug-likeness (QED) is 0.626. The molecule has 33 heavy (non-hydrogen) atoms. The summed E-state index contributed by atoms with van der Waals surface area (Å²) in [5.74, 6) is 0.170. The van der Waals surface area contributed by atoms with Crippen LogP contribution in [0.5, 0.6) is 0 Å². The van der Waals surface area contributed by atoms with Crippen LogP contribution in [0.15, 0.2) is 54.6 Å². The predicted octanol–water partition coefficient (Wildman–Crippen LogP) is 4.14. The van der Waals surface area contributed by atoms with Crippen LogP contribution >= 0.6 is 0 Å². The number of benzene rings is 2. The van der Waals surface area contributed by atoms with Crippen molar-refractivity contribution in [1.82, 2.24) is 10.2 Å². The van der Waals surface area contributed by atoms with Crippen LogP contribution in [0.3, 0.4) is 0 Å². The lowest BCUT2D eigenvalue weighted by atomic mass is 9.49. The molecule has 6 heteroatoms. The molecule has 173 valence electrons. The molecular weight excluding hydrogens is 401 g/mol. The molecule has 0 aliphatic carbocycles. The van der Waals surface area contributed by atoms with Crippen LogP contribution in [0.4, 0.5) is 0 Å². The van der Waals surface area contributed by atoms with Gasteiger partial charge in [-0.3, -0.25) is 9.69 Å². The molecule has 1 aliphatic heterocycles. The molecule has 1 N–H and O–H groups in total. The highest BCUT2D eigenvalue weighted by atomic mass is 16.2. The Morgan fingerprint density at radius 2 is 1.61 bits per heavy atom. The molecule has 1 heterocycles. The maximum atomic E-state index is 12.6. The Bertz CT molecular complexity index is 780. The Hall–Kier alpha value is -1.94. The summed E-state index contributed by atoms with van der Waals surface area (Å²) < 4.78 is 0. The Balaban J connectivity index is 0.00000129. The number of hydrogen-bond donors (Lipinski definition) is 1. The van der Waals surface area contributed by atoms with Crippen molar-refractivity contribution >= 4 is 34.1 Å². The van der Waals surface area contributed by atoms with E-state index in [4.69, 9.17) is 15.6 Å². The van der Waals surface area contributed by atoms with Gasteiger partial charge < -0.3 is 5.32 Å². The second-order valence-electron chi connectivity index (χ2n) is 7.86. The fraction of sp³-hybridized carbons (Fsp3) is 0.519. The molecule has 0 saturated carbocycles. The third-order valence-corrected chi connectivity index (χ3v) is 6.00. The number of amides is 1. The highest BCUT2D eigenvalue weighted by molar-refractivity contribution is 6.97. The zero-order chi connectivity index (χ0) is 24.6. The molecule has 1 saturated heterocycles. The van der Waals surface area contributed by atoms with E-state index < -0.39 is 5.94 Å². The summed E-state index contributed by atoms with van der Waals surface area (Å²) >= 11 is 0. The molecule has 5 radical (unpaired) electrons. The van der Waals surface area contributed by atoms with Crippen LogP contribution in [0.25, 0.3) is 0 Å². The van der Waals surface area contributed by atoms with Crippen LogP contribution < -0.4 is 10.8 Å². The summed E-state index contributed by atoms with van der Waals surface area (Å²) in [6.45, 7) is 12.4. The first-order valence-corrected chi connectivity index (χ1v) is 12.6. The van der Waals surface area contributed by atoms with Crippen molar-refractivity contribution < 1.29 is 4.79 Å². The van der Waals surface area contributed by atoms with E-state index in [0.717, 1.165) is 43.4 Å². The van der Waals surface area contributed by atoms with Gasteiger partial charge in [0.2, 0.25) is 5.91 Å². The number of piperidine rings is 1. The number of likely N-dealkylation sites (tertiary alicyclic amines) is 1. The summed E-state index contributed by atoms with van der Waals surface area (Å²) in [4.78, 5) is 14.8. The van der Waals surface area contributed by atoms with Crippen molar-refractivity contribution in [3.63, 3.8) is 0 Å². The summed E-state index contributed by atoms with van der Waals surface area (Å²) in [5.41, 5.74) is 3.45. The molecule has 0 aromatic heterocycles. The van der Waals surface area contributed by atoms with Crippen molar-refractivity contribution in [3.8, 4) is 0 Å². The predicted molar refractivity (Wildman–Crippen MR) is 146 cm³/mol. The Morgan fingerprint density at radius 1 is 1.03 bits per heavy atom. The average molecular weight is 441 g/mol. The second-order valence-corrected chi connectivity index (χ2v) is 7.86. The number of carbonyl (C=O) groups excluding carboxylic acids is 1. The number of nitrogens with zero attached hydrogens (tertiary/aromatic N) is 1. The van der Waals surface area contributed by atoms with E-state index in [0.29, 0.717) is 12.5 Å². The maximum absolute atomic E-state index is 12.6. The maximum Gasteiger partial charge on any atom is 0.233 e. The van der Waals surface area contributed by atoms with Crippen LogP contribution in [0.1, 0.15) is 76.8 Å². The van der Waals surface area contributed by atoms with Crippen LogP contribution in [-0.2, 0) is 4.79 Å². The Morgan fingerprint density at radius 3 is 2.18 bits per heavy atom. The minimum Gasteiger partial charge on any atom is -0.360 e. The first kappa shape index (κ1) is 29.1. The van der Waals surface area contributed by atoms with Crippen molar-refractivity contribution in [2.75, 3.05) is 19.6 Å². The molecule has 2 aromatic rings. The van der Waals surface area contributed by atoms with Crippen LogP contribution in [0.2, 0.25) is 0 Å². The monoisotopic (exact) mass is 441 g/mol. The minimum absolute atomic E-state index is 0.0108. The topological polar surface area (TPSA) is 32.3 Å². The van der Waals surface area contributed by atoms with E-state index in [9.17, 15) is 4.79 Å². The molecule has 0 spiro atoms. The fourth-order valence-electron chi connectivity index (χ4n) is 4.35. The molecule has 3 rings (SSSR count). The van der Waals surface area contributed by atoms with Gasteiger partial charge in [0.1, 0.15) is 0 Å². The minimum atomic E-state index is -0.435. The van der Waals surface area contributed by atoms with E-state index in [1.807, 2.05) is 52.0 Å². The van der Waals surface area contributed by atoms with Gasteiger partial charge in [0.25, 0.3) is 0 Å². The molecule has 2 atom stereocenters. The molecule has 3 nitrogen and oxygen atoms in total. The van der Waals surface area contributed by atoms with Crippen molar-refractivity contribution in [2.45, 2.75) is 71.7 Å². The molecule has 2 unspecified atom stereocenters. The Kier molecular flexibility index (Phi) is 14.7. The molecule has 1 amide bonds. The summed E-state index contributed by atoms with van der Waals surface area (Å²) in [6, 6.07) is 18.6. The van der Waals surface area contributed by atoms with Crippen LogP contribution in [-0.4, -0.2) is 59.1 Å². The SMILES string of the molecule is CC.CC.[B][B]c1ccccc1C(CC)C([B])NC(=O)CN1CCC(c2ccccc2)CC1. The number of carbonyl (C=O) groups is 1. The largest absolute Gasteiger partial charge is 0.360 e. The first-order valence-electron chi connectivity index (χ1n) is 12.6. The number of nitrogens with one attached hydrogen (secondary N) is 1. The van der Waals surface area contributed by atoms with Crippen LogP contribution in [0, 0.1) is 0 Å². The fourth-order valence-corrected chi connectivity index (χ4v) is 4.35. The standard InChI is InChI=1S/C23H28B3N2O.2C2H6/c1-2-19(20-10-6-7-11-21(20)26-25)23(24)27-22(29)16-28-14-12-18(13-15-28)17-8-4-3-5-9-17;2*1-2/h3-11,18-19,23H,2,12-16H2,1H3,(H,27,29);2*1-2H3. The summed E-state index contributed by atoms with van der Waals surface area (Å²) in [6.07, 6.45) is 3.00. The van der Waals surface area contributed by atoms with Gasteiger partial charge in [0.05, 0.1) is 21.6 Å². The number of hydrogen-bond acceptors (Lipinski definition) is 2. The molecule has 1 aliphatic rings. The van der Waals surface area contributed by atoms with E-state index in [2.05, 4.69) is 47.5 Å². The average Bonchev–Trinajstić information content (AvgIpc) is 2.88. The van der Waals surface area contributed by atoms with Gasteiger partial charge in [0.15, 0.2) is 0 Å². The van der Waals surface area contributed by atoms with Gasteiger partial charge in [-0.05, 0) is 55.7 Å². The van der Waals surface area contributed by atoms with E-state index in [-0.39, 0.29) is 11.8 Å². The van der Waals surface area contributed by atoms with Gasteiger partial charge in [0, 0.05) is 7.74 Å². The third-order valence-electron chi connectivity index (χ3n) is 6.00. The smallest absolute Gasteiger partial charge is 0.233 e. The lowest BCUT2D eigenvalue weighted by Crippen LogP contribution is -2.47. The van der Waals surface area contributed by atoms with E-state index in [1.165, 1.54) is 5.56 Å². The van der Waals surface area contributed by atoms with Crippen molar-refractivity contribution in [2.24, 2.45) is 0 Å². The molecule has 2 aromatic carbocycles. The zero-order valence-electron chi connectivity index (χ0n) is 21.3. The molecule has 0 bridgehead atoms. The van der Waals surface area contributed by atoms with Gasteiger partial charge >= 0.3 is 0 Å². The van der Waals surface area contributed by atoms with Gasteiger partial charge in [-0.25, -0.2) is 0 Å². The van der Waals surface area contributed by atoms with Gasteiger partial charge in [-0.1, -0.05) is 100 Å². The molecular formula is C27H40B3N2O. The van der Waals surface area contributed by atoms with Crippen molar-refractivity contribution in [1.29, 1.82) is 0 Å². The highest BCUT2D eigenvalue weighted by Crippen LogP contribution is 2.27.